The molecule has 2 rings (SSSR count). The van der Waals surface area contributed by atoms with Gasteiger partial charge in [0.05, 0.1) is 17.9 Å². The van der Waals surface area contributed by atoms with E-state index in [4.69, 9.17) is 0 Å². The Morgan fingerprint density at radius 2 is 2.00 bits per heavy atom. The van der Waals surface area contributed by atoms with E-state index < -0.39 is 24.1 Å². The maximum absolute atomic E-state index is 12.3. The Morgan fingerprint density at radius 3 is 2.58 bits per heavy atom. The molecule has 3 nitrogen and oxygen atoms in total. The molecule has 0 saturated carbocycles. The van der Waals surface area contributed by atoms with Crippen LogP contribution in [0.2, 0.25) is 0 Å². The SMILES string of the molecule is CC1(C)C(=O)Nc2ccc(C(O)CC(F)(F)F)cc21. The number of amides is 1. The van der Waals surface area contributed by atoms with Crippen LogP contribution in [-0.4, -0.2) is 17.2 Å². The van der Waals surface area contributed by atoms with Crippen LogP contribution in [-0.2, 0) is 10.2 Å². The molecule has 0 bridgehead atoms. The molecule has 104 valence electrons. The van der Waals surface area contributed by atoms with Gasteiger partial charge in [-0.15, -0.1) is 0 Å². The first-order valence-electron chi connectivity index (χ1n) is 5.82. The lowest BCUT2D eigenvalue weighted by atomic mass is 9.85. The van der Waals surface area contributed by atoms with Crippen molar-refractivity contribution in [2.45, 2.75) is 38.0 Å². The fourth-order valence-electron chi connectivity index (χ4n) is 2.13. The van der Waals surface area contributed by atoms with Crippen molar-refractivity contribution in [3.8, 4) is 0 Å². The van der Waals surface area contributed by atoms with E-state index in [2.05, 4.69) is 5.32 Å². The maximum Gasteiger partial charge on any atom is 0.391 e. The number of aliphatic hydroxyl groups is 1. The van der Waals surface area contributed by atoms with Crippen LogP contribution in [0, 0.1) is 0 Å². The number of alkyl halides is 3. The zero-order valence-electron chi connectivity index (χ0n) is 10.5. The van der Waals surface area contributed by atoms with Crippen molar-refractivity contribution in [2.24, 2.45) is 0 Å². The van der Waals surface area contributed by atoms with Crippen LogP contribution in [0.4, 0.5) is 18.9 Å². The Morgan fingerprint density at radius 1 is 1.37 bits per heavy atom. The molecule has 1 atom stereocenters. The smallest absolute Gasteiger partial charge is 0.388 e. The molecule has 0 aromatic heterocycles. The number of aliphatic hydroxyl groups excluding tert-OH is 1. The topological polar surface area (TPSA) is 49.3 Å². The number of anilines is 1. The summed E-state index contributed by atoms with van der Waals surface area (Å²) in [6.45, 7) is 3.38. The zero-order chi connectivity index (χ0) is 14.4. The van der Waals surface area contributed by atoms with Crippen LogP contribution in [0.3, 0.4) is 0 Å². The number of benzene rings is 1. The summed E-state index contributed by atoms with van der Waals surface area (Å²) >= 11 is 0. The molecule has 0 fully saturated rings. The summed E-state index contributed by atoms with van der Waals surface area (Å²) in [5.41, 5.74) is 0.554. The number of carbonyl (C=O) groups is 1. The summed E-state index contributed by atoms with van der Waals surface area (Å²) < 4.78 is 36.8. The lowest BCUT2D eigenvalue weighted by Crippen LogP contribution is -2.27. The van der Waals surface area contributed by atoms with Crippen molar-refractivity contribution in [1.29, 1.82) is 0 Å². The van der Waals surface area contributed by atoms with Gasteiger partial charge in [-0.2, -0.15) is 13.2 Å². The molecule has 0 saturated heterocycles. The molecule has 1 aliphatic heterocycles. The summed E-state index contributed by atoms with van der Waals surface area (Å²) in [7, 11) is 0. The monoisotopic (exact) mass is 273 g/mol. The first-order valence-corrected chi connectivity index (χ1v) is 5.82. The third-order valence-corrected chi connectivity index (χ3v) is 3.34. The third kappa shape index (κ3) is 2.58. The molecular weight excluding hydrogens is 259 g/mol. The highest BCUT2D eigenvalue weighted by atomic mass is 19.4. The standard InChI is InChI=1S/C13H14F3NO2/c1-12(2)8-5-7(10(18)6-13(14,15)16)3-4-9(8)17-11(12)19/h3-5,10,18H,6H2,1-2H3,(H,17,19). The minimum absolute atomic E-state index is 0.167. The van der Waals surface area contributed by atoms with E-state index in [9.17, 15) is 23.1 Å². The first-order chi connectivity index (χ1) is 8.61. The number of rotatable bonds is 2. The lowest BCUT2D eigenvalue weighted by Gasteiger charge is -2.18. The number of hydrogen-bond donors (Lipinski definition) is 2. The molecule has 1 aromatic rings. The highest BCUT2D eigenvalue weighted by molar-refractivity contribution is 6.05. The number of halogens is 3. The number of carbonyl (C=O) groups excluding carboxylic acids is 1. The molecule has 1 amide bonds. The van der Waals surface area contributed by atoms with Crippen LogP contribution in [0.25, 0.3) is 0 Å². The third-order valence-electron chi connectivity index (χ3n) is 3.34. The molecule has 0 aliphatic carbocycles. The average molecular weight is 273 g/mol. The molecule has 1 aliphatic rings. The molecule has 19 heavy (non-hydrogen) atoms. The van der Waals surface area contributed by atoms with E-state index in [1.165, 1.54) is 18.2 Å². The Kier molecular flexibility index (Phi) is 3.09. The predicted molar refractivity (Wildman–Crippen MR) is 63.7 cm³/mol. The minimum atomic E-state index is -4.43. The van der Waals surface area contributed by atoms with Gasteiger partial charge >= 0.3 is 6.18 Å². The fourth-order valence-corrected chi connectivity index (χ4v) is 2.13. The van der Waals surface area contributed by atoms with Crippen LogP contribution >= 0.6 is 0 Å². The lowest BCUT2D eigenvalue weighted by molar-refractivity contribution is -0.154. The van der Waals surface area contributed by atoms with Crippen LogP contribution in [0.15, 0.2) is 18.2 Å². The normalized spacial score (nSPS) is 18.9. The quantitative estimate of drug-likeness (QED) is 0.870. The van der Waals surface area contributed by atoms with Gasteiger partial charge in [0.2, 0.25) is 5.91 Å². The van der Waals surface area contributed by atoms with Gasteiger partial charge in [0, 0.05) is 5.69 Å². The van der Waals surface area contributed by atoms with Gasteiger partial charge in [0.1, 0.15) is 0 Å². The van der Waals surface area contributed by atoms with Crippen molar-refractivity contribution in [2.75, 3.05) is 5.32 Å². The summed E-state index contributed by atoms with van der Waals surface area (Å²) in [4.78, 5) is 11.7. The molecule has 1 heterocycles. The van der Waals surface area contributed by atoms with Crippen molar-refractivity contribution in [3.63, 3.8) is 0 Å². The van der Waals surface area contributed by atoms with Crippen molar-refractivity contribution < 1.29 is 23.1 Å². The molecule has 0 radical (unpaired) electrons. The van der Waals surface area contributed by atoms with E-state index in [1.54, 1.807) is 13.8 Å². The number of fused-ring (bicyclic) bond motifs is 1. The Labute approximate surface area is 108 Å². The zero-order valence-corrected chi connectivity index (χ0v) is 10.5. The van der Waals surface area contributed by atoms with Gasteiger partial charge in [-0.3, -0.25) is 4.79 Å². The Bertz CT molecular complexity index is 523. The second kappa shape index (κ2) is 4.23. The number of hydrogen-bond acceptors (Lipinski definition) is 2. The minimum Gasteiger partial charge on any atom is -0.388 e. The summed E-state index contributed by atoms with van der Waals surface area (Å²) in [6, 6.07) is 4.39. The number of nitrogens with one attached hydrogen (secondary N) is 1. The van der Waals surface area contributed by atoms with Gasteiger partial charge in [0.15, 0.2) is 0 Å². The van der Waals surface area contributed by atoms with Gasteiger partial charge in [-0.25, -0.2) is 0 Å². The van der Waals surface area contributed by atoms with E-state index in [0.717, 1.165) is 0 Å². The van der Waals surface area contributed by atoms with Crippen LogP contribution in [0.5, 0.6) is 0 Å². The van der Waals surface area contributed by atoms with E-state index in [-0.39, 0.29) is 11.5 Å². The van der Waals surface area contributed by atoms with Crippen LogP contribution in [0.1, 0.15) is 37.5 Å². The van der Waals surface area contributed by atoms with E-state index in [0.29, 0.717) is 11.3 Å². The van der Waals surface area contributed by atoms with Gasteiger partial charge in [-0.1, -0.05) is 12.1 Å². The second-order valence-electron chi connectivity index (χ2n) is 5.22. The molecule has 2 N–H and O–H groups in total. The molecule has 0 spiro atoms. The van der Waals surface area contributed by atoms with Gasteiger partial charge in [-0.05, 0) is 31.0 Å². The summed E-state index contributed by atoms with van der Waals surface area (Å²) in [5, 5.41) is 12.3. The maximum atomic E-state index is 12.3. The molecular formula is C13H14F3NO2. The Balaban J connectivity index is 2.33. The molecule has 6 heteroatoms. The van der Waals surface area contributed by atoms with E-state index in [1.807, 2.05) is 0 Å². The average Bonchev–Trinajstić information content (AvgIpc) is 2.47. The predicted octanol–water partition coefficient (Wildman–Crippen LogP) is 2.90. The van der Waals surface area contributed by atoms with Crippen molar-refractivity contribution in [3.05, 3.63) is 29.3 Å². The summed E-state index contributed by atoms with van der Waals surface area (Å²) in [5.74, 6) is -0.204. The van der Waals surface area contributed by atoms with Gasteiger partial charge < -0.3 is 10.4 Å². The van der Waals surface area contributed by atoms with Crippen molar-refractivity contribution >= 4 is 11.6 Å². The van der Waals surface area contributed by atoms with Crippen LogP contribution < -0.4 is 5.32 Å². The van der Waals surface area contributed by atoms with E-state index >= 15 is 0 Å². The van der Waals surface area contributed by atoms with Gasteiger partial charge in [0.25, 0.3) is 0 Å². The first kappa shape index (κ1) is 13.9. The van der Waals surface area contributed by atoms with Crippen molar-refractivity contribution in [1.82, 2.24) is 0 Å². The Hall–Kier alpha value is -1.56. The highest BCUT2D eigenvalue weighted by Gasteiger charge is 2.39. The fraction of sp³-hybridized carbons (Fsp3) is 0.462. The largest absolute Gasteiger partial charge is 0.391 e. The second-order valence-corrected chi connectivity index (χ2v) is 5.22. The highest BCUT2D eigenvalue weighted by Crippen LogP contribution is 2.39. The molecule has 1 unspecified atom stereocenters. The molecule has 1 aromatic carbocycles. The summed E-state index contributed by atoms with van der Waals surface area (Å²) in [6.07, 6.45) is -7.34.